The van der Waals surface area contributed by atoms with Crippen LogP contribution in [-0.4, -0.2) is 25.3 Å². The van der Waals surface area contributed by atoms with Crippen LogP contribution in [-0.2, 0) is 0 Å². The Hall–Kier alpha value is -1.31. The Balaban J connectivity index is 2.11. The first-order valence-corrected chi connectivity index (χ1v) is 5.62. The van der Waals surface area contributed by atoms with Gasteiger partial charge in [0.2, 0.25) is 0 Å². The molecule has 0 spiro atoms. The number of fused-ring (bicyclic) bond motifs is 3. The van der Waals surface area contributed by atoms with Crippen LogP contribution in [0.5, 0.6) is 0 Å². The van der Waals surface area contributed by atoms with Gasteiger partial charge in [-0.15, -0.1) is 0 Å². The maximum Gasteiger partial charge on any atom is 0.0676 e. The van der Waals surface area contributed by atoms with E-state index in [0.29, 0.717) is 18.0 Å². The normalized spacial score (nSPS) is 32.7. The first-order valence-electron chi connectivity index (χ1n) is 5.62. The van der Waals surface area contributed by atoms with Crippen molar-refractivity contribution in [1.29, 1.82) is 0 Å². The van der Waals surface area contributed by atoms with Crippen molar-refractivity contribution >= 4 is 11.9 Å². The van der Waals surface area contributed by atoms with E-state index in [4.69, 9.17) is 0 Å². The van der Waals surface area contributed by atoms with Crippen molar-refractivity contribution in [3.05, 3.63) is 29.8 Å². The summed E-state index contributed by atoms with van der Waals surface area (Å²) in [7, 11) is 2.20. The van der Waals surface area contributed by atoms with Crippen molar-refractivity contribution < 1.29 is 0 Å². The van der Waals surface area contributed by atoms with Crippen molar-refractivity contribution in [2.24, 2.45) is 4.99 Å². The molecule has 0 radical (unpaired) electrons. The summed E-state index contributed by atoms with van der Waals surface area (Å²) in [6.07, 6.45) is 3.19. The minimum atomic E-state index is 0.418. The first-order chi connectivity index (χ1) is 7.29. The Labute approximate surface area is 90.6 Å². The Kier molecular flexibility index (Phi) is 1.84. The van der Waals surface area contributed by atoms with Gasteiger partial charge in [0.1, 0.15) is 0 Å². The van der Waals surface area contributed by atoms with Crippen LogP contribution in [0.2, 0.25) is 0 Å². The Morgan fingerprint density at radius 1 is 1.33 bits per heavy atom. The number of anilines is 1. The molecule has 2 aliphatic heterocycles. The fraction of sp³-hybridized carbons (Fsp3) is 0.462. The highest BCUT2D eigenvalue weighted by Crippen LogP contribution is 2.44. The number of rotatable bonds is 0. The third-order valence-electron chi connectivity index (χ3n) is 3.77. The molecular weight excluding hydrogens is 184 g/mol. The molecule has 0 saturated carbocycles. The molecule has 15 heavy (non-hydrogen) atoms. The average molecular weight is 200 g/mol. The number of nitrogens with zero attached hydrogens (tertiary/aromatic N) is 2. The fourth-order valence-corrected chi connectivity index (χ4v) is 3.09. The van der Waals surface area contributed by atoms with Gasteiger partial charge in [-0.3, -0.25) is 4.99 Å². The van der Waals surface area contributed by atoms with Crippen LogP contribution in [0.4, 0.5) is 5.69 Å². The Morgan fingerprint density at radius 3 is 3.00 bits per heavy atom. The molecule has 0 amide bonds. The van der Waals surface area contributed by atoms with E-state index in [1.54, 1.807) is 0 Å². The second kappa shape index (κ2) is 3.09. The Morgan fingerprint density at radius 2 is 2.13 bits per heavy atom. The SMILES string of the molecule is CC1N=CCC2c3ccccc3N(C)C12. The number of hydrogen-bond acceptors (Lipinski definition) is 2. The molecule has 0 saturated heterocycles. The number of benzene rings is 1. The van der Waals surface area contributed by atoms with Gasteiger partial charge < -0.3 is 4.90 Å². The molecule has 2 aliphatic rings. The summed E-state index contributed by atoms with van der Waals surface area (Å²) in [5.41, 5.74) is 2.90. The summed E-state index contributed by atoms with van der Waals surface area (Å²) < 4.78 is 0. The summed E-state index contributed by atoms with van der Waals surface area (Å²) in [4.78, 5) is 6.94. The highest BCUT2D eigenvalue weighted by Gasteiger charge is 2.40. The second-order valence-corrected chi connectivity index (χ2v) is 4.57. The molecule has 1 aromatic rings. The number of para-hydroxylation sites is 1. The van der Waals surface area contributed by atoms with E-state index in [2.05, 4.69) is 54.3 Å². The lowest BCUT2D eigenvalue weighted by molar-refractivity contribution is 0.469. The van der Waals surface area contributed by atoms with E-state index in [1.807, 2.05) is 0 Å². The number of likely N-dealkylation sites (N-methyl/N-ethyl adjacent to an activating group) is 1. The quantitative estimate of drug-likeness (QED) is 0.628. The monoisotopic (exact) mass is 200 g/mol. The van der Waals surface area contributed by atoms with Gasteiger partial charge in [0, 0.05) is 18.7 Å². The lowest BCUT2D eigenvalue weighted by atomic mass is 9.87. The van der Waals surface area contributed by atoms with Gasteiger partial charge in [0.25, 0.3) is 0 Å². The third kappa shape index (κ3) is 1.14. The van der Waals surface area contributed by atoms with Gasteiger partial charge in [0.15, 0.2) is 0 Å². The van der Waals surface area contributed by atoms with Gasteiger partial charge in [-0.2, -0.15) is 0 Å². The van der Waals surface area contributed by atoms with Crippen LogP contribution in [0, 0.1) is 0 Å². The highest BCUT2D eigenvalue weighted by molar-refractivity contribution is 5.69. The molecule has 0 aliphatic carbocycles. The minimum Gasteiger partial charge on any atom is -0.369 e. The maximum absolute atomic E-state index is 4.54. The molecule has 0 fully saturated rings. The molecule has 3 rings (SSSR count). The van der Waals surface area contributed by atoms with Crippen LogP contribution in [0.1, 0.15) is 24.8 Å². The highest BCUT2D eigenvalue weighted by atomic mass is 15.2. The zero-order valence-corrected chi connectivity index (χ0v) is 9.22. The topological polar surface area (TPSA) is 15.6 Å². The second-order valence-electron chi connectivity index (χ2n) is 4.57. The minimum absolute atomic E-state index is 0.418. The van der Waals surface area contributed by atoms with Gasteiger partial charge in [-0.25, -0.2) is 0 Å². The van der Waals surface area contributed by atoms with Crippen molar-refractivity contribution in [2.75, 3.05) is 11.9 Å². The molecule has 1 aromatic carbocycles. The van der Waals surface area contributed by atoms with Gasteiger partial charge in [0.05, 0.1) is 12.1 Å². The molecule has 0 aromatic heterocycles. The summed E-state index contributed by atoms with van der Waals surface area (Å²) in [5.74, 6) is 0.652. The molecule has 0 N–H and O–H groups in total. The molecule has 2 nitrogen and oxygen atoms in total. The molecule has 2 heteroatoms. The zero-order valence-electron chi connectivity index (χ0n) is 9.22. The maximum atomic E-state index is 4.54. The van der Waals surface area contributed by atoms with E-state index in [9.17, 15) is 0 Å². The van der Waals surface area contributed by atoms with Crippen molar-refractivity contribution in [1.82, 2.24) is 0 Å². The predicted molar refractivity (Wildman–Crippen MR) is 63.9 cm³/mol. The van der Waals surface area contributed by atoms with Crippen LogP contribution >= 0.6 is 0 Å². The van der Waals surface area contributed by atoms with E-state index >= 15 is 0 Å². The van der Waals surface area contributed by atoms with Crippen molar-refractivity contribution in [3.63, 3.8) is 0 Å². The smallest absolute Gasteiger partial charge is 0.0676 e. The molecular formula is C13H16N2. The van der Waals surface area contributed by atoms with Crippen LogP contribution in [0.3, 0.4) is 0 Å². The standard InChI is InChI=1S/C13H16N2/c1-9-13-11(7-8-14-9)10-5-3-4-6-12(10)15(13)2/h3-6,8-9,11,13H,7H2,1-2H3. The fourth-order valence-electron chi connectivity index (χ4n) is 3.09. The first kappa shape index (κ1) is 8.96. The summed E-state index contributed by atoms with van der Waals surface area (Å²) >= 11 is 0. The molecule has 0 bridgehead atoms. The van der Waals surface area contributed by atoms with Gasteiger partial charge in [-0.05, 0) is 31.2 Å². The average Bonchev–Trinajstić information content (AvgIpc) is 2.55. The lowest BCUT2D eigenvalue weighted by Crippen LogP contribution is -2.41. The van der Waals surface area contributed by atoms with E-state index in [-0.39, 0.29) is 0 Å². The van der Waals surface area contributed by atoms with Crippen molar-refractivity contribution in [3.8, 4) is 0 Å². The summed E-state index contributed by atoms with van der Waals surface area (Å²) in [5, 5.41) is 0. The van der Waals surface area contributed by atoms with E-state index in [0.717, 1.165) is 6.42 Å². The predicted octanol–water partition coefficient (Wildman–Crippen LogP) is 2.45. The molecule has 3 atom stereocenters. The number of hydrogen-bond donors (Lipinski definition) is 0. The number of aliphatic imine (C=N–C) groups is 1. The van der Waals surface area contributed by atoms with Crippen LogP contribution < -0.4 is 4.90 Å². The summed E-state index contributed by atoms with van der Waals surface area (Å²) in [6, 6.07) is 9.74. The lowest BCUT2D eigenvalue weighted by Gasteiger charge is -2.32. The van der Waals surface area contributed by atoms with Crippen molar-refractivity contribution in [2.45, 2.75) is 31.3 Å². The van der Waals surface area contributed by atoms with Crippen LogP contribution in [0.25, 0.3) is 0 Å². The molecule has 78 valence electrons. The van der Waals surface area contributed by atoms with E-state index in [1.165, 1.54) is 11.3 Å². The molecule has 2 heterocycles. The van der Waals surface area contributed by atoms with Gasteiger partial charge in [-0.1, -0.05) is 18.2 Å². The van der Waals surface area contributed by atoms with Gasteiger partial charge >= 0.3 is 0 Å². The van der Waals surface area contributed by atoms with E-state index < -0.39 is 0 Å². The third-order valence-corrected chi connectivity index (χ3v) is 3.77. The molecule has 3 unspecified atom stereocenters. The largest absolute Gasteiger partial charge is 0.369 e. The van der Waals surface area contributed by atoms with Crippen LogP contribution in [0.15, 0.2) is 29.3 Å². The Bertz CT molecular complexity index is 411. The zero-order chi connectivity index (χ0) is 10.4. The summed E-state index contributed by atoms with van der Waals surface area (Å²) in [6.45, 7) is 2.22.